The Hall–Kier alpha value is -1.98. The van der Waals surface area contributed by atoms with Gasteiger partial charge in [-0.1, -0.05) is 12.6 Å². The van der Waals surface area contributed by atoms with Crippen LogP contribution in [0.25, 0.3) is 0 Å². The van der Waals surface area contributed by atoms with Crippen LogP contribution in [-0.2, 0) is 17.8 Å². The highest BCUT2D eigenvalue weighted by molar-refractivity contribution is 5.87. The average Bonchev–Trinajstić information content (AvgIpc) is 2.60. The fraction of sp³-hybridized carbons (Fsp3) is 0.526. The number of carbonyl (C=O) groups is 1. The molecule has 0 aromatic heterocycles. The number of hydrogen-bond donors (Lipinski definition) is 1. The summed E-state index contributed by atoms with van der Waals surface area (Å²) >= 11 is 0. The number of hydrogen-bond acceptors (Lipinski definition) is 2. The molecule has 1 aromatic rings. The normalized spacial score (nSPS) is 23.7. The highest BCUT2D eigenvalue weighted by Crippen LogP contribution is 2.38. The Kier molecular flexibility index (Phi) is 5.06. The molecule has 0 atom stereocenters. The predicted molar refractivity (Wildman–Crippen MR) is 91.2 cm³/mol. The molecule has 0 saturated heterocycles. The summed E-state index contributed by atoms with van der Waals surface area (Å²) in [4.78, 5) is 13.5. The molecule has 1 fully saturated rings. The van der Waals surface area contributed by atoms with E-state index >= 15 is 0 Å². The summed E-state index contributed by atoms with van der Waals surface area (Å²) in [7, 11) is 0. The first kappa shape index (κ1) is 17.8. The van der Waals surface area contributed by atoms with E-state index in [1.807, 2.05) is 12.1 Å². The van der Waals surface area contributed by atoms with Crippen molar-refractivity contribution in [2.75, 3.05) is 11.9 Å². The van der Waals surface area contributed by atoms with Gasteiger partial charge >= 0.3 is 6.18 Å². The minimum atomic E-state index is -4.07. The van der Waals surface area contributed by atoms with E-state index in [0.717, 1.165) is 17.7 Å². The van der Waals surface area contributed by atoms with E-state index in [1.165, 1.54) is 11.6 Å². The maximum absolute atomic E-state index is 12.8. The Morgan fingerprint density at radius 2 is 1.92 bits per heavy atom. The third-order valence-corrected chi connectivity index (χ3v) is 5.27. The highest BCUT2D eigenvalue weighted by atomic mass is 19.4. The van der Waals surface area contributed by atoms with Gasteiger partial charge < -0.3 is 10.2 Å². The topological polar surface area (TPSA) is 32.3 Å². The quantitative estimate of drug-likeness (QED) is 0.823. The van der Waals surface area contributed by atoms with E-state index in [1.54, 1.807) is 4.90 Å². The van der Waals surface area contributed by atoms with E-state index < -0.39 is 12.1 Å². The third kappa shape index (κ3) is 4.17. The van der Waals surface area contributed by atoms with Crippen LogP contribution < -0.4 is 5.32 Å². The van der Waals surface area contributed by atoms with Gasteiger partial charge in [0.25, 0.3) is 0 Å². The van der Waals surface area contributed by atoms with E-state index in [-0.39, 0.29) is 24.8 Å². The number of carbonyl (C=O) groups excluding carboxylic acids is 1. The number of benzene rings is 1. The van der Waals surface area contributed by atoms with Crippen molar-refractivity contribution in [3.05, 3.63) is 42.0 Å². The van der Waals surface area contributed by atoms with Gasteiger partial charge in [0.2, 0.25) is 5.91 Å². The van der Waals surface area contributed by atoms with Crippen molar-refractivity contribution in [2.24, 2.45) is 5.92 Å². The lowest BCUT2D eigenvalue weighted by Gasteiger charge is -2.32. The van der Waals surface area contributed by atoms with Crippen LogP contribution in [0.2, 0.25) is 0 Å². The second kappa shape index (κ2) is 7.10. The lowest BCUT2D eigenvalue weighted by Crippen LogP contribution is -2.35. The highest BCUT2D eigenvalue weighted by Gasteiger charge is 2.41. The molecule has 2 aliphatic rings. The molecule has 1 N–H and O–H groups in total. The molecule has 0 unspecified atom stereocenters. The number of rotatable bonds is 3. The lowest BCUT2D eigenvalue weighted by atomic mass is 9.85. The second-order valence-corrected chi connectivity index (χ2v) is 6.93. The van der Waals surface area contributed by atoms with Gasteiger partial charge in [0.05, 0.1) is 5.92 Å². The SMILES string of the molecule is C=CC(=O)N1CCc2ccc(N[C@H]3CC[C@H](C(F)(F)F)CC3)cc2C1. The summed E-state index contributed by atoms with van der Waals surface area (Å²) in [5.41, 5.74) is 3.23. The van der Waals surface area contributed by atoms with Crippen molar-refractivity contribution < 1.29 is 18.0 Å². The first-order valence-corrected chi connectivity index (χ1v) is 8.73. The van der Waals surface area contributed by atoms with Gasteiger partial charge in [-0.05, 0) is 61.4 Å². The van der Waals surface area contributed by atoms with E-state index in [9.17, 15) is 18.0 Å². The van der Waals surface area contributed by atoms with Crippen LogP contribution in [0.5, 0.6) is 0 Å². The number of fused-ring (bicyclic) bond motifs is 1. The summed E-state index contributed by atoms with van der Waals surface area (Å²) in [6.07, 6.45) is -0.498. The molecular formula is C19H23F3N2O. The fourth-order valence-corrected chi connectivity index (χ4v) is 3.76. The number of halogens is 3. The Morgan fingerprint density at radius 1 is 1.20 bits per heavy atom. The zero-order valence-electron chi connectivity index (χ0n) is 14.1. The van der Waals surface area contributed by atoms with Crippen molar-refractivity contribution in [2.45, 2.75) is 50.9 Å². The molecule has 6 heteroatoms. The Labute approximate surface area is 145 Å². The Balaban J connectivity index is 1.62. The second-order valence-electron chi connectivity index (χ2n) is 6.93. The maximum Gasteiger partial charge on any atom is 0.391 e. The molecule has 1 heterocycles. The molecule has 3 rings (SSSR count). The van der Waals surface area contributed by atoms with Crippen LogP contribution in [0.1, 0.15) is 36.8 Å². The van der Waals surface area contributed by atoms with Crippen LogP contribution in [0.3, 0.4) is 0 Å². The van der Waals surface area contributed by atoms with Crippen molar-refractivity contribution in [1.82, 2.24) is 4.90 Å². The Bertz CT molecular complexity index is 649. The van der Waals surface area contributed by atoms with Gasteiger partial charge in [0.1, 0.15) is 0 Å². The van der Waals surface area contributed by atoms with Crippen molar-refractivity contribution in [3.8, 4) is 0 Å². The minimum absolute atomic E-state index is 0.0746. The summed E-state index contributed by atoms with van der Waals surface area (Å²) in [5, 5.41) is 3.37. The molecule has 1 aliphatic heterocycles. The summed E-state index contributed by atoms with van der Waals surface area (Å²) in [5.74, 6) is -1.23. The molecule has 25 heavy (non-hydrogen) atoms. The monoisotopic (exact) mass is 352 g/mol. The molecular weight excluding hydrogens is 329 g/mol. The summed E-state index contributed by atoms with van der Waals surface area (Å²) < 4.78 is 38.3. The van der Waals surface area contributed by atoms with Gasteiger partial charge in [-0.3, -0.25) is 4.79 Å². The smallest absolute Gasteiger partial charge is 0.382 e. The molecule has 1 amide bonds. The fourth-order valence-electron chi connectivity index (χ4n) is 3.76. The van der Waals surface area contributed by atoms with E-state index in [4.69, 9.17) is 0 Å². The Morgan fingerprint density at radius 3 is 2.56 bits per heavy atom. The molecule has 0 radical (unpaired) electrons. The third-order valence-electron chi connectivity index (χ3n) is 5.27. The molecule has 0 spiro atoms. The molecule has 1 aliphatic carbocycles. The predicted octanol–water partition coefficient (Wildman–Crippen LogP) is 4.29. The van der Waals surface area contributed by atoms with Gasteiger partial charge in [0.15, 0.2) is 0 Å². The van der Waals surface area contributed by atoms with Crippen LogP contribution in [0.15, 0.2) is 30.9 Å². The number of amides is 1. The standard InChI is InChI=1S/C19H23F3N2O/c1-2-18(25)24-10-9-13-3-6-17(11-14(13)12-24)23-16-7-4-15(5-8-16)19(20,21)22/h2-3,6,11,15-16,23H,1,4-5,7-10,12H2/t15-,16-. The zero-order chi connectivity index (χ0) is 18.0. The number of alkyl halides is 3. The number of nitrogens with one attached hydrogen (secondary N) is 1. The van der Waals surface area contributed by atoms with Crippen LogP contribution >= 0.6 is 0 Å². The lowest BCUT2D eigenvalue weighted by molar-refractivity contribution is -0.182. The summed E-state index contributed by atoms with van der Waals surface area (Å²) in [6.45, 7) is 4.77. The van der Waals surface area contributed by atoms with Crippen molar-refractivity contribution in [3.63, 3.8) is 0 Å². The molecule has 0 bridgehead atoms. The molecule has 136 valence electrons. The van der Waals surface area contributed by atoms with Gasteiger partial charge in [0, 0.05) is 24.8 Å². The average molecular weight is 352 g/mol. The van der Waals surface area contributed by atoms with Gasteiger partial charge in [-0.25, -0.2) is 0 Å². The van der Waals surface area contributed by atoms with Crippen LogP contribution in [-0.4, -0.2) is 29.6 Å². The van der Waals surface area contributed by atoms with E-state index in [0.29, 0.717) is 25.9 Å². The first-order chi connectivity index (χ1) is 11.9. The minimum Gasteiger partial charge on any atom is -0.382 e. The largest absolute Gasteiger partial charge is 0.391 e. The van der Waals surface area contributed by atoms with Crippen molar-refractivity contribution in [1.29, 1.82) is 0 Å². The van der Waals surface area contributed by atoms with Crippen molar-refractivity contribution >= 4 is 11.6 Å². The number of anilines is 1. The summed E-state index contributed by atoms with van der Waals surface area (Å²) in [6, 6.07) is 6.13. The number of nitrogens with zero attached hydrogens (tertiary/aromatic N) is 1. The zero-order valence-corrected chi connectivity index (χ0v) is 14.1. The molecule has 3 nitrogen and oxygen atoms in total. The van der Waals surface area contributed by atoms with Gasteiger partial charge in [-0.2, -0.15) is 13.2 Å². The maximum atomic E-state index is 12.8. The van der Waals surface area contributed by atoms with Crippen LogP contribution in [0, 0.1) is 5.92 Å². The first-order valence-electron chi connectivity index (χ1n) is 8.73. The molecule has 1 aromatic carbocycles. The molecule has 1 saturated carbocycles. The van der Waals surface area contributed by atoms with Gasteiger partial charge in [-0.15, -0.1) is 0 Å². The van der Waals surface area contributed by atoms with E-state index in [2.05, 4.69) is 18.0 Å². The van der Waals surface area contributed by atoms with Crippen LogP contribution in [0.4, 0.5) is 18.9 Å².